The van der Waals surface area contributed by atoms with Crippen molar-refractivity contribution in [2.24, 2.45) is 4.99 Å². The van der Waals surface area contributed by atoms with Crippen LogP contribution in [0.5, 0.6) is 11.5 Å². The molecule has 0 amide bonds. The second-order valence-corrected chi connectivity index (χ2v) is 9.04. The topological polar surface area (TPSA) is 129 Å². The number of hydrogen-bond acceptors (Lipinski definition) is 8. The first-order valence-corrected chi connectivity index (χ1v) is 13.4. The number of guanidine groups is 1. The van der Waals surface area contributed by atoms with Crippen molar-refractivity contribution in [2.75, 3.05) is 30.9 Å². The summed E-state index contributed by atoms with van der Waals surface area (Å²) in [6, 6.07) is 15.0. The number of nitrogens with zero attached hydrogens (tertiary/aromatic N) is 5. The summed E-state index contributed by atoms with van der Waals surface area (Å²) in [7, 11) is 1.62. The maximum absolute atomic E-state index is 8.96. The van der Waals surface area contributed by atoms with Gasteiger partial charge in [0.05, 0.1) is 31.1 Å². The molecule has 0 aliphatic carbocycles. The van der Waals surface area contributed by atoms with Crippen molar-refractivity contribution >= 4 is 34.1 Å². The first-order chi connectivity index (χ1) is 20.2. The SMILES string of the molecule is C#Cc1cccc(Nc2ncnc3cc(OC)c(OCCCCCCCN=C(NC#N)Nc4cccnc4)cc23)c1. The van der Waals surface area contributed by atoms with Gasteiger partial charge in [0.2, 0.25) is 5.96 Å². The fourth-order valence-corrected chi connectivity index (χ4v) is 4.11. The van der Waals surface area contributed by atoms with Crippen LogP contribution in [0.15, 0.2) is 72.2 Å². The molecule has 0 atom stereocenters. The number of rotatable bonds is 13. The average molecular weight is 549 g/mol. The highest BCUT2D eigenvalue weighted by Crippen LogP contribution is 2.35. The number of methoxy groups -OCH3 is 1. The molecule has 3 N–H and O–H groups in total. The van der Waals surface area contributed by atoms with E-state index < -0.39 is 0 Å². The van der Waals surface area contributed by atoms with Crippen molar-refractivity contribution in [3.8, 4) is 30.0 Å². The van der Waals surface area contributed by atoms with Crippen LogP contribution < -0.4 is 25.4 Å². The molecule has 0 fully saturated rings. The molecular formula is C31H32N8O2. The molecule has 2 aromatic heterocycles. The van der Waals surface area contributed by atoms with Crippen LogP contribution in [0, 0.1) is 23.8 Å². The van der Waals surface area contributed by atoms with Crippen LogP contribution in [0.3, 0.4) is 0 Å². The van der Waals surface area contributed by atoms with Crippen molar-refractivity contribution in [3.63, 3.8) is 0 Å². The highest BCUT2D eigenvalue weighted by molar-refractivity contribution is 5.94. The van der Waals surface area contributed by atoms with Crippen molar-refractivity contribution in [2.45, 2.75) is 32.1 Å². The molecule has 0 saturated carbocycles. The molecule has 0 aliphatic rings. The molecular weight excluding hydrogens is 516 g/mol. The Balaban J connectivity index is 1.25. The van der Waals surface area contributed by atoms with Crippen LogP contribution in [0.2, 0.25) is 0 Å². The summed E-state index contributed by atoms with van der Waals surface area (Å²) in [5, 5.41) is 18.8. The number of nitriles is 1. The van der Waals surface area contributed by atoms with Gasteiger partial charge in [-0.2, -0.15) is 5.26 Å². The van der Waals surface area contributed by atoms with Gasteiger partial charge in [0.15, 0.2) is 17.7 Å². The van der Waals surface area contributed by atoms with E-state index in [0.29, 0.717) is 36.4 Å². The van der Waals surface area contributed by atoms with Gasteiger partial charge in [0, 0.05) is 35.4 Å². The van der Waals surface area contributed by atoms with E-state index in [9.17, 15) is 0 Å². The first-order valence-electron chi connectivity index (χ1n) is 13.4. The molecule has 4 rings (SSSR count). The largest absolute Gasteiger partial charge is 0.493 e. The quantitative estimate of drug-likeness (QED) is 0.0486. The monoisotopic (exact) mass is 548 g/mol. The smallest absolute Gasteiger partial charge is 0.209 e. The minimum Gasteiger partial charge on any atom is -0.493 e. The molecule has 0 saturated heterocycles. The number of fused-ring (bicyclic) bond motifs is 1. The van der Waals surface area contributed by atoms with Gasteiger partial charge in [0.1, 0.15) is 12.1 Å². The molecule has 41 heavy (non-hydrogen) atoms. The Morgan fingerprint density at radius 1 is 1.00 bits per heavy atom. The lowest BCUT2D eigenvalue weighted by molar-refractivity contribution is 0.285. The number of unbranched alkanes of at least 4 members (excludes halogenated alkanes) is 4. The van der Waals surface area contributed by atoms with Crippen molar-refractivity contribution in [1.29, 1.82) is 5.26 Å². The Morgan fingerprint density at radius 3 is 2.66 bits per heavy atom. The number of benzene rings is 2. The fraction of sp³-hybridized carbons (Fsp3) is 0.258. The molecule has 0 radical (unpaired) electrons. The lowest BCUT2D eigenvalue weighted by Crippen LogP contribution is -2.27. The van der Waals surface area contributed by atoms with Gasteiger partial charge in [-0.15, -0.1) is 6.42 Å². The molecule has 4 aromatic rings. The molecule has 208 valence electrons. The summed E-state index contributed by atoms with van der Waals surface area (Å²) < 4.78 is 11.7. The molecule has 10 heteroatoms. The third kappa shape index (κ3) is 8.57. The van der Waals surface area contributed by atoms with Gasteiger partial charge in [-0.3, -0.25) is 15.3 Å². The standard InChI is InChI=1S/C31H32N8O2/c1-3-23-11-9-12-24(17-23)38-30-26-18-29(28(40-2)19-27(26)36-22-37-30)41-16-8-6-4-5-7-15-34-31(35-21-32)39-25-13-10-14-33-20-25/h1,9-14,17-20,22H,4-8,15-16H2,2H3,(H2,34,35,39)(H,36,37,38). The number of ether oxygens (including phenoxy) is 2. The van der Waals surface area contributed by atoms with Gasteiger partial charge in [-0.05, 0) is 49.2 Å². The zero-order chi connectivity index (χ0) is 28.7. The summed E-state index contributed by atoms with van der Waals surface area (Å²) in [6.45, 7) is 1.18. The summed E-state index contributed by atoms with van der Waals surface area (Å²) >= 11 is 0. The Kier molecular flexibility index (Phi) is 10.7. The molecule has 2 heterocycles. The fourth-order valence-electron chi connectivity index (χ4n) is 4.11. The summed E-state index contributed by atoms with van der Waals surface area (Å²) in [6.07, 6.45) is 17.3. The highest BCUT2D eigenvalue weighted by atomic mass is 16.5. The van der Waals surface area contributed by atoms with E-state index in [2.05, 4.69) is 41.8 Å². The molecule has 0 unspecified atom stereocenters. The molecule has 10 nitrogen and oxygen atoms in total. The van der Waals surface area contributed by atoms with E-state index in [1.54, 1.807) is 19.5 Å². The number of pyridine rings is 1. The van der Waals surface area contributed by atoms with Gasteiger partial charge in [0.25, 0.3) is 0 Å². The van der Waals surface area contributed by atoms with Crippen LogP contribution in [-0.4, -0.2) is 41.2 Å². The zero-order valence-electron chi connectivity index (χ0n) is 22.9. The lowest BCUT2D eigenvalue weighted by Gasteiger charge is -2.14. The first kappa shape index (κ1) is 28.7. The summed E-state index contributed by atoms with van der Waals surface area (Å²) in [4.78, 5) is 17.3. The average Bonchev–Trinajstić information content (AvgIpc) is 3.00. The lowest BCUT2D eigenvalue weighted by atomic mass is 10.1. The maximum Gasteiger partial charge on any atom is 0.209 e. The van der Waals surface area contributed by atoms with Crippen LogP contribution in [0.1, 0.15) is 37.7 Å². The van der Waals surface area contributed by atoms with E-state index >= 15 is 0 Å². The predicted octanol–water partition coefficient (Wildman–Crippen LogP) is 5.63. The van der Waals surface area contributed by atoms with Gasteiger partial charge in [-0.1, -0.05) is 31.2 Å². The molecule has 0 spiro atoms. The molecule has 0 aliphatic heterocycles. The van der Waals surface area contributed by atoms with E-state index in [4.69, 9.17) is 21.2 Å². The minimum atomic E-state index is 0.420. The molecule has 2 aromatic carbocycles. The second kappa shape index (κ2) is 15.3. The number of aromatic nitrogens is 3. The van der Waals surface area contributed by atoms with E-state index in [1.165, 1.54) is 6.33 Å². The Bertz CT molecular complexity index is 1540. The van der Waals surface area contributed by atoms with Gasteiger partial charge in [-0.25, -0.2) is 9.97 Å². The Labute approximate surface area is 239 Å². The predicted molar refractivity (Wildman–Crippen MR) is 161 cm³/mol. The van der Waals surface area contributed by atoms with Crippen LogP contribution >= 0.6 is 0 Å². The molecule has 0 bridgehead atoms. The van der Waals surface area contributed by atoms with E-state index in [0.717, 1.165) is 59.9 Å². The maximum atomic E-state index is 8.96. The van der Waals surface area contributed by atoms with E-state index in [1.807, 2.05) is 54.7 Å². The summed E-state index contributed by atoms with van der Waals surface area (Å²) in [5.41, 5.74) is 3.13. The number of hydrogen-bond donors (Lipinski definition) is 3. The number of nitrogens with one attached hydrogen (secondary N) is 3. The van der Waals surface area contributed by atoms with Crippen molar-refractivity contribution < 1.29 is 9.47 Å². The Morgan fingerprint density at radius 2 is 1.85 bits per heavy atom. The summed E-state index contributed by atoms with van der Waals surface area (Å²) in [5.74, 6) is 4.98. The van der Waals surface area contributed by atoms with Crippen LogP contribution in [0.25, 0.3) is 10.9 Å². The van der Waals surface area contributed by atoms with Crippen molar-refractivity contribution in [3.05, 3.63) is 72.8 Å². The third-order valence-electron chi connectivity index (χ3n) is 6.14. The normalized spacial score (nSPS) is 10.9. The van der Waals surface area contributed by atoms with Gasteiger partial charge >= 0.3 is 0 Å². The van der Waals surface area contributed by atoms with Crippen molar-refractivity contribution in [1.82, 2.24) is 20.3 Å². The van der Waals surface area contributed by atoms with Crippen LogP contribution in [0.4, 0.5) is 17.2 Å². The number of terminal acetylenes is 1. The number of aliphatic imine (C=N–C) groups is 1. The van der Waals surface area contributed by atoms with E-state index in [-0.39, 0.29) is 0 Å². The number of anilines is 3. The second-order valence-electron chi connectivity index (χ2n) is 9.04. The zero-order valence-corrected chi connectivity index (χ0v) is 22.9. The highest BCUT2D eigenvalue weighted by Gasteiger charge is 2.12. The third-order valence-corrected chi connectivity index (χ3v) is 6.14. The minimum absolute atomic E-state index is 0.420. The Hall–Kier alpha value is -5.35. The van der Waals surface area contributed by atoms with Crippen LogP contribution in [-0.2, 0) is 0 Å². The van der Waals surface area contributed by atoms with Gasteiger partial charge < -0.3 is 20.1 Å².